The fourth-order valence-corrected chi connectivity index (χ4v) is 7.93. The summed E-state index contributed by atoms with van der Waals surface area (Å²) in [6.45, 7) is 7.57. The molecule has 0 bridgehead atoms. The van der Waals surface area contributed by atoms with E-state index in [0.717, 1.165) is 98.9 Å². The molecule has 0 saturated heterocycles. The molecule has 0 amide bonds. The molecule has 0 aliphatic carbocycles. The van der Waals surface area contributed by atoms with Crippen LogP contribution in [0.3, 0.4) is 0 Å². The summed E-state index contributed by atoms with van der Waals surface area (Å²) in [6, 6.07) is 47.5. The van der Waals surface area contributed by atoms with E-state index >= 15 is 0 Å². The number of nitrogens with zero attached hydrogens (tertiary/aromatic N) is 4. The van der Waals surface area contributed by atoms with E-state index in [-0.39, 0.29) is 0 Å². The third kappa shape index (κ3) is 3.54. The molecule has 0 aliphatic rings. The quantitative estimate of drug-likeness (QED) is 0.177. The van der Waals surface area contributed by atoms with Gasteiger partial charge in [0.25, 0.3) is 0 Å². The van der Waals surface area contributed by atoms with E-state index in [2.05, 4.69) is 80.7 Å². The molecular formula is C44H22N4O2. The van der Waals surface area contributed by atoms with Crippen LogP contribution in [0.25, 0.3) is 104 Å². The first kappa shape index (κ1) is 26.8. The summed E-state index contributed by atoms with van der Waals surface area (Å²) in [7, 11) is 0. The average molecular weight is 639 g/mol. The minimum Gasteiger partial charge on any atom is -0.456 e. The van der Waals surface area contributed by atoms with Crippen molar-refractivity contribution in [3.8, 4) is 17.4 Å². The van der Waals surface area contributed by atoms with Gasteiger partial charge in [0, 0.05) is 55.1 Å². The molecule has 0 unspecified atom stereocenters. The molecule has 4 aromatic heterocycles. The lowest BCUT2D eigenvalue weighted by molar-refractivity contribution is 0.668. The minimum absolute atomic E-state index is 0.618. The van der Waals surface area contributed by atoms with Gasteiger partial charge in [-0.05, 0) is 90.3 Å². The second-order valence-corrected chi connectivity index (χ2v) is 12.8. The number of hydrogen-bond acceptors (Lipinski definition) is 3. The highest BCUT2D eigenvalue weighted by molar-refractivity contribution is 6.18. The molecule has 4 heterocycles. The zero-order valence-corrected chi connectivity index (χ0v) is 26.3. The largest absolute Gasteiger partial charge is 0.456 e. The van der Waals surface area contributed by atoms with Gasteiger partial charge in [-0.3, -0.25) is 0 Å². The molecule has 0 aliphatic heterocycles. The van der Waals surface area contributed by atoms with Gasteiger partial charge in [-0.2, -0.15) is 5.26 Å². The van der Waals surface area contributed by atoms with Crippen LogP contribution in [-0.4, -0.2) is 9.13 Å². The smallest absolute Gasteiger partial charge is 0.188 e. The molecule has 0 spiro atoms. The first-order chi connectivity index (χ1) is 24.7. The normalized spacial score (nSPS) is 12.0. The summed E-state index contributed by atoms with van der Waals surface area (Å²) in [4.78, 5) is 3.68. The van der Waals surface area contributed by atoms with Gasteiger partial charge in [0.15, 0.2) is 5.69 Å². The summed E-state index contributed by atoms with van der Waals surface area (Å²) < 4.78 is 17.2. The highest BCUT2D eigenvalue weighted by Crippen LogP contribution is 2.41. The summed E-state index contributed by atoms with van der Waals surface area (Å²) in [5.74, 6) is 0. The molecule has 11 rings (SSSR count). The highest BCUT2D eigenvalue weighted by atomic mass is 16.3. The summed E-state index contributed by atoms with van der Waals surface area (Å²) >= 11 is 0. The molecule has 6 heteroatoms. The maximum absolute atomic E-state index is 9.80. The fourth-order valence-electron chi connectivity index (χ4n) is 7.93. The van der Waals surface area contributed by atoms with E-state index < -0.39 is 0 Å². The van der Waals surface area contributed by atoms with Crippen LogP contribution in [0.15, 0.2) is 142 Å². The van der Waals surface area contributed by atoms with E-state index in [0.29, 0.717) is 11.3 Å². The number of furan rings is 2. The molecule has 0 atom stereocenters. The molecule has 0 radical (unpaired) electrons. The van der Waals surface area contributed by atoms with Crippen molar-refractivity contribution in [3.63, 3.8) is 0 Å². The van der Waals surface area contributed by atoms with Crippen LogP contribution < -0.4 is 0 Å². The lowest BCUT2D eigenvalue weighted by Gasteiger charge is -2.09. The predicted octanol–water partition coefficient (Wildman–Crippen LogP) is 12.1. The summed E-state index contributed by atoms with van der Waals surface area (Å²) in [5, 5.41) is 18.2. The number of benzene rings is 7. The lowest BCUT2D eigenvalue weighted by Crippen LogP contribution is -1.94. The SMILES string of the molecule is [C-]#[N+]c1ccc2c(c1)c1ccccc1n2-c1ccc2oc3ccc(-n4c5ccc(C#N)cc5c5cc6c(cc54)oc4ccccc46)cc3c2c1. The van der Waals surface area contributed by atoms with Crippen molar-refractivity contribution in [2.45, 2.75) is 0 Å². The maximum atomic E-state index is 9.80. The summed E-state index contributed by atoms with van der Waals surface area (Å²) in [6.07, 6.45) is 0. The molecule has 0 saturated carbocycles. The van der Waals surface area contributed by atoms with Crippen molar-refractivity contribution in [3.05, 3.63) is 150 Å². The number of hydrogen-bond donors (Lipinski definition) is 0. The number of nitriles is 1. The van der Waals surface area contributed by atoms with Gasteiger partial charge in [-0.15, -0.1) is 0 Å². The number of para-hydroxylation sites is 2. The Balaban J connectivity index is 1.17. The van der Waals surface area contributed by atoms with Crippen molar-refractivity contribution >= 4 is 93.2 Å². The predicted molar refractivity (Wildman–Crippen MR) is 201 cm³/mol. The Kier molecular flexibility index (Phi) is 5.16. The number of rotatable bonds is 2. The molecule has 6 nitrogen and oxygen atoms in total. The van der Waals surface area contributed by atoms with Gasteiger partial charge in [-0.1, -0.05) is 42.5 Å². The first-order valence-corrected chi connectivity index (χ1v) is 16.3. The Labute approximate surface area is 283 Å². The van der Waals surface area contributed by atoms with Gasteiger partial charge in [0.2, 0.25) is 0 Å². The molecule has 11 aromatic rings. The third-order valence-corrected chi connectivity index (χ3v) is 10.1. The van der Waals surface area contributed by atoms with Gasteiger partial charge >= 0.3 is 0 Å². The molecule has 7 aromatic carbocycles. The Morgan fingerprint density at radius 1 is 0.460 bits per heavy atom. The Morgan fingerprint density at radius 2 is 1.04 bits per heavy atom. The molecule has 0 N–H and O–H groups in total. The van der Waals surface area contributed by atoms with Gasteiger partial charge in [-0.25, -0.2) is 4.85 Å². The van der Waals surface area contributed by atoms with Crippen molar-refractivity contribution in [1.29, 1.82) is 5.26 Å². The molecular weight excluding hydrogens is 617 g/mol. The standard InChI is InChI=1S/C44H22N4O2/c1-46-26-11-15-39-32(19-26)29-6-2-4-8-37(29)47(39)27-12-16-42-34(20-27)35-21-28(13-17-43(35)49-42)48-38-14-10-25(24-45)18-31(38)33-22-36-30-7-3-5-9-41(30)50-44(36)23-40(33)48/h2-23H. The third-order valence-electron chi connectivity index (χ3n) is 10.1. The topological polar surface area (TPSA) is 64.3 Å². The number of fused-ring (bicyclic) bond motifs is 12. The van der Waals surface area contributed by atoms with Gasteiger partial charge < -0.3 is 18.0 Å². The van der Waals surface area contributed by atoms with Crippen LogP contribution in [0.5, 0.6) is 0 Å². The second kappa shape index (κ2) is 9.64. The second-order valence-electron chi connectivity index (χ2n) is 12.8. The van der Waals surface area contributed by atoms with Crippen molar-refractivity contribution in [2.24, 2.45) is 0 Å². The first-order valence-electron chi connectivity index (χ1n) is 16.3. The Bertz CT molecular complexity index is 3360. The van der Waals surface area contributed by atoms with Crippen LogP contribution in [0.2, 0.25) is 0 Å². The lowest BCUT2D eigenvalue weighted by atomic mass is 10.1. The maximum Gasteiger partial charge on any atom is 0.188 e. The molecule has 50 heavy (non-hydrogen) atoms. The molecule has 0 fully saturated rings. The van der Waals surface area contributed by atoms with Crippen LogP contribution in [0.4, 0.5) is 5.69 Å². The monoisotopic (exact) mass is 638 g/mol. The van der Waals surface area contributed by atoms with E-state index in [9.17, 15) is 5.26 Å². The van der Waals surface area contributed by atoms with E-state index in [1.54, 1.807) is 0 Å². The molecule has 230 valence electrons. The number of aromatic nitrogens is 2. The van der Waals surface area contributed by atoms with Crippen molar-refractivity contribution < 1.29 is 8.83 Å². The van der Waals surface area contributed by atoms with Crippen LogP contribution >= 0.6 is 0 Å². The van der Waals surface area contributed by atoms with Crippen molar-refractivity contribution in [1.82, 2.24) is 9.13 Å². The van der Waals surface area contributed by atoms with Crippen LogP contribution in [-0.2, 0) is 0 Å². The average Bonchev–Trinajstić information content (AvgIpc) is 3.90. The Morgan fingerprint density at radius 3 is 1.80 bits per heavy atom. The van der Waals surface area contributed by atoms with Crippen LogP contribution in [0, 0.1) is 17.9 Å². The zero-order valence-electron chi connectivity index (χ0n) is 26.3. The fraction of sp³-hybridized carbons (Fsp3) is 0. The highest BCUT2D eigenvalue weighted by Gasteiger charge is 2.19. The Hall–Kier alpha value is -7.28. The minimum atomic E-state index is 0.618. The van der Waals surface area contributed by atoms with E-state index in [1.807, 2.05) is 72.8 Å². The van der Waals surface area contributed by atoms with Gasteiger partial charge in [0.1, 0.15) is 22.3 Å². The van der Waals surface area contributed by atoms with Crippen molar-refractivity contribution in [2.75, 3.05) is 0 Å². The van der Waals surface area contributed by atoms with Crippen LogP contribution in [0.1, 0.15) is 5.56 Å². The summed E-state index contributed by atoms with van der Waals surface area (Å²) in [5.41, 5.74) is 10.6. The van der Waals surface area contributed by atoms with E-state index in [4.69, 9.17) is 15.4 Å². The zero-order chi connectivity index (χ0) is 33.1. The van der Waals surface area contributed by atoms with Gasteiger partial charge in [0.05, 0.1) is 40.3 Å². The van der Waals surface area contributed by atoms with E-state index in [1.165, 1.54) is 0 Å².